The van der Waals surface area contributed by atoms with Gasteiger partial charge in [-0.25, -0.2) is 4.68 Å². The van der Waals surface area contributed by atoms with Crippen molar-refractivity contribution in [3.05, 3.63) is 127 Å². The lowest BCUT2D eigenvalue weighted by Crippen LogP contribution is -2.23. The van der Waals surface area contributed by atoms with Crippen LogP contribution in [0.2, 0.25) is 0 Å². The molecule has 0 N–H and O–H groups in total. The fraction of sp³-hybridized carbons (Fsp3) is 0.0345. The molecule has 3 aromatic carbocycles. The number of aromatic nitrogens is 5. The molecule has 6 rings (SSSR count). The molecule has 0 saturated carbocycles. The molecule has 0 atom stereocenters. The molecule has 0 aliphatic carbocycles. The number of rotatable bonds is 7. The summed E-state index contributed by atoms with van der Waals surface area (Å²) in [6.07, 6.45) is 7.19. The fourth-order valence-corrected chi connectivity index (χ4v) is 5.02. The number of para-hydroxylation sites is 1. The highest BCUT2D eigenvalue weighted by atomic mass is 32.1. The third-order valence-corrected chi connectivity index (χ3v) is 7.10. The first-order chi connectivity index (χ1) is 19.5. The minimum Gasteiger partial charge on any atom is -0.497 e. The topological polar surface area (TPSA) is 117 Å². The van der Waals surface area contributed by atoms with Gasteiger partial charge in [-0.15, -0.1) is 5.10 Å². The molecule has 0 bridgehead atoms. The first-order valence-electron chi connectivity index (χ1n) is 12.1. The van der Waals surface area contributed by atoms with Gasteiger partial charge >= 0.3 is 0 Å². The van der Waals surface area contributed by atoms with Crippen LogP contribution in [0.25, 0.3) is 40.1 Å². The number of hydrogen-bond donors (Lipinski definition) is 0. The van der Waals surface area contributed by atoms with Crippen LogP contribution in [0.3, 0.4) is 0 Å². The summed E-state index contributed by atoms with van der Waals surface area (Å²) >= 11 is 1.23. The fourth-order valence-electron chi connectivity index (χ4n) is 4.12. The Morgan fingerprint density at radius 3 is 2.38 bits per heavy atom. The zero-order valence-electron chi connectivity index (χ0n) is 21.0. The molecule has 0 spiro atoms. The summed E-state index contributed by atoms with van der Waals surface area (Å²) in [4.78, 5) is 28.9. The van der Waals surface area contributed by atoms with Gasteiger partial charge < -0.3 is 4.74 Å². The second-order valence-corrected chi connectivity index (χ2v) is 9.71. The predicted molar refractivity (Wildman–Crippen MR) is 153 cm³/mol. The Bertz CT molecular complexity index is 1970. The molecule has 0 radical (unpaired) electrons. The highest BCUT2D eigenvalue weighted by Crippen LogP contribution is 2.26. The van der Waals surface area contributed by atoms with Gasteiger partial charge in [-0.3, -0.25) is 14.9 Å². The van der Waals surface area contributed by atoms with Crippen molar-refractivity contribution in [1.29, 1.82) is 0 Å². The van der Waals surface area contributed by atoms with Crippen LogP contribution in [0.5, 0.6) is 5.75 Å². The maximum atomic E-state index is 13.2. The number of nitro benzene ring substituents is 1. The van der Waals surface area contributed by atoms with Crippen molar-refractivity contribution in [3.8, 4) is 22.7 Å². The van der Waals surface area contributed by atoms with Crippen molar-refractivity contribution >= 4 is 40.2 Å². The molecule has 0 aliphatic heterocycles. The summed E-state index contributed by atoms with van der Waals surface area (Å²) in [7, 11) is 1.62. The largest absolute Gasteiger partial charge is 0.497 e. The van der Waals surface area contributed by atoms with Crippen molar-refractivity contribution in [2.75, 3.05) is 7.11 Å². The summed E-state index contributed by atoms with van der Waals surface area (Å²) < 4.78 is 8.62. The number of nitro groups is 1. The average molecular weight is 549 g/mol. The quantitative estimate of drug-likeness (QED) is 0.211. The minimum atomic E-state index is -0.446. The van der Waals surface area contributed by atoms with Crippen LogP contribution in [-0.2, 0) is 0 Å². The Hall–Kier alpha value is -5.42. The first-order valence-corrected chi connectivity index (χ1v) is 12.9. The monoisotopic (exact) mass is 548 g/mol. The molecule has 0 amide bonds. The number of hydrogen-bond acceptors (Lipinski definition) is 8. The average Bonchev–Trinajstić information content (AvgIpc) is 3.67. The summed E-state index contributed by atoms with van der Waals surface area (Å²) in [6.45, 7) is 0. The Morgan fingerprint density at radius 2 is 1.70 bits per heavy atom. The zero-order chi connectivity index (χ0) is 27.6. The van der Waals surface area contributed by atoms with Crippen molar-refractivity contribution in [2.45, 2.75) is 0 Å². The summed E-state index contributed by atoms with van der Waals surface area (Å²) in [5.41, 5.74) is 3.43. The molecule has 3 heterocycles. The van der Waals surface area contributed by atoms with E-state index in [-0.39, 0.29) is 11.2 Å². The van der Waals surface area contributed by atoms with Crippen LogP contribution in [0.15, 0.2) is 89.9 Å². The summed E-state index contributed by atoms with van der Waals surface area (Å²) in [6, 6.07) is 23.3. The molecule has 0 unspecified atom stereocenters. The predicted octanol–water partition coefficient (Wildman–Crippen LogP) is 4.64. The van der Waals surface area contributed by atoms with Gasteiger partial charge in [0, 0.05) is 29.5 Å². The van der Waals surface area contributed by atoms with E-state index in [1.54, 1.807) is 36.1 Å². The minimum absolute atomic E-state index is 0.0129. The van der Waals surface area contributed by atoms with Gasteiger partial charge in [0.05, 0.1) is 22.3 Å². The zero-order valence-corrected chi connectivity index (χ0v) is 21.9. The van der Waals surface area contributed by atoms with Gasteiger partial charge in [0.25, 0.3) is 11.2 Å². The Morgan fingerprint density at radius 1 is 0.950 bits per heavy atom. The lowest BCUT2D eigenvalue weighted by molar-refractivity contribution is -0.384. The molecular weight excluding hydrogens is 528 g/mol. The van der Waals surface area contributed by atoms with E-state index in [9.17, 15) is 14.9 Å². The Balaban J connectivity index is 1.38. The molecule has 6 aromatic rings. The van der Waals surface area contributed by atoms with Gasteiger partial charge in [-0.2, -0.15) is 14.6 Å². The number of methoxy groups -OCH3 is 1. The number of nitrogens with zero attached hydrogens (tertiary/aromatic N) is 6. The van der Waals surface area contributed by atoms with E-state index in [1.807, 2.05) is 66.9 Å². The first kappa shape index (κ1) is 24.9. The standard InChI is InChI=1S/C29H20N6O4S/c1-39-24-14-7-19(8-15-24)9-16-26-30-29-34(31-26)28(36)25(40-29)17-21-18-33(22-5-3-2-4-6-22)32-27(21)20-10-12-23(13-11-20)35(37)38/h2-18H,1H3/b16-9+,25-17-. The number of benzene rings is 3. The highest BCUT2D eigenvalue weighted by molar-refractivity contribution is 7.15. The van der Waals surface area contributed by atoms with Crippen LogP contribution < -0.4 is 14.8 Å². The van der Waals surface area contributed by atoms with Gasteiger partial charge in [0.2, 0.25) is 4.96 Å². The van der Waals surface area contributed by atoms with E-state index in [2.05, 4.69) is 10.1 Å². The number of ether oxygens (including phenoxy) is 1. The number of thiazole rings is 1. The number of fused-ring (bicyclic) bond motifs is 1. The van der Waals surface area contributed by atoms with Gasteiger partial charge in [0.15, 0.2) is 5.82 Å². The van der Waals surface area contributed by atoms with Crippen molar-refractivity contribution in [2.24, 2.45) is 0 Å². The van der Waals surface area contributed by atoms with Crippen LogP contribution in [0.4, 0.5) is 5.69 Å². The molecule has 0 fully saturated rings. The maximum absolute atomic E-state index is 13.2. The van der Waals surface area contributed by atoms with E-state index in [0.717, 1.165) is 17.0 Å². The Kier molecular flexibility index (Phi) is 6.46. The maximum Gasteiger partial charge on any atom is 0.291 e. The summed E-state index contributed by atoms with van der Waals surface area (Å²) in [5, 5.41) is 20.2. The van der Waals surface area contributed by atoms with Gasteiger partial charge in [-0.05, 0) is 54.1 Å². The molecule has 11 heteroatoms. The molecule has 196 valence electrons. The van der Waals surface area contributed by atoms with Crippen molar-refractivity contribution < 1.29 is 9.66 Å². The second kappa shape index (κ2) is 10.4. The SMILES string of the molecule is COc1ccc(/C=C/c2nc3s/c(=C\c4cn(-c5ccccc5)nc4-c4ccc([N+](=O)[O-])cc4)c(=O)n3n2)cc1. The van der Waals surface area contributed by atoms with Gasteiger partial charge in [0.1, 0.15) is 11.4 Å². The molecule has 0 aliphatic rings. The van der Waals surface area contributed by atoms with E-state index in [1.165, 1.54) is 28.0 Å². The lowest BCUT2D eigenvalue weighted by atomic mass is 10.1. The third-order valence-electron chi connectivity index (χ3n) is 6.14. The summed E-state index contributed by atoms with van der Waals surface area (Å²) in [5.74, 6) is 1.19. The highest BCUT2D eigenvalue weighted by Gasteiger charge is 2.15. The molecule has 3 aromatic heterocycles. The smallest absolute Gasteiger partial charge is 0.291 e. The van der Waals surface area contributed by atoms with Crippen LogP contribution >= 0.6 is 11.3 Å². The number of non-ortho nitro benzene ring substituents is 1. The normalized spacial score (nSPS) is 12.0. The molecule has 40 heavy (non-hydrogen) atoms. The van der Waals surface area contributed by atoms with E-state index >= 15 is 0 Å². The molecule has 0 saturated heterocycles. The van der Waals surface area contributed by atoms with Crippen molar-refractivity contribution in [3.63, 3.8) is 0 Å². The van der Waals surface area contributed by atoms with E-state index in [0.29, 0.717) is 32.1 Å². The van der Waals surface area contributed by atoms with Gasteiger partial charge in [-0.1, -0.05) is 47.7 Å². The lowest BCUT2D eigenvalue weighted by Gasteiger charge is -2.00. The van der Waals surface area contributed by atoms with E-state index < -0.39 is 4.92 Å². The van der Waals surface area contributed by atoms with Crippen LogP contribution in [0.1, 0.15) is 17.0 Å². The van der Waals surface area contributed by atoms with Crippen LogP contribution in [0, 0.1) is 10.1 Å². The van der Waals surface area contributed by atoms with E-state index in [4.69, 9.17) is 9.84 Å². The third kappa shape index (κ3) is 4.88. The molecule has 10 nitrogen and oxygen atoms in total. The Labute approximate surface area is 230 Å². The second-order valence-electron chi connectivity index (χ2n) is 8.70. The van der Waals surface area contributed by atoms with Crippen molar-refractivity contribution in [1.82, 2.24) is 24.4 Å². The van der Waals surface area contributed by atoms with Crippen LogP contribution in [-0.4, -0.2) is 36.4 Å². The molecular formula is C29H20N6O4S.